The number of urea groups is 1. The van der Waals surface area contributed by atoms with Crippen LogP contribution in [-0.4, -0.2) is 69.4 Å². The van der Waals surface area contributed by atoms with Gasteiger partial charge in [-0.3, -0.25) is 4.90 Å². The fourth-order valence-electron chi connectivity index (χ4n) is 3.18. The first kappa shape index (κ1) is 19.2. The normalized spacial score (nSPS) is 14.8. The van der Waals surface area contributed by atoms with E-state index in [1.165, 1.54) is 0 Å². The molecule has 0 aliphatic carbocycles. The molecule has 144 valence electrons. The van der Waals surface area contributed by atoms with E-state index in [1.54, 1.807) is 14.2 Å². The third-order valence-electron chi connectivity index (χ3n) is 4.79. The third-order valence-corrected chi connectivity index (χ3v) is 4.79. The zero-order valence-electron chi connectivity index (χ0n) is 16.0. The van der Waals surface area contributed by atoms with Crippen molar-refractivity contribution < 1.29 is 14.3 Å². The predicted octanol–water partition coefficient (Wildman–Crippen LogP) is 3.16. The summed E-state index contributed by atoms with van der Waals surface area (Å²) in [4.78, 5) is 16.8. The second-order valence-electron chi connectivity index (χ2n) is 6.56. The molecule has 0 spiro atoms. The zero-order chi connectivity index (χ0) is 19.1. The molecule has 1 aliphatic heterocycles. The Morgan fingerprint density at radius 2 is 1.70 bits per heavy atom. The van der Waals surface area contributed by atoms with Crippen LogP contribution in [0.15, 0.2) is 48.5 Å². The number of methoxy groups -OCH3 is 2. The molecule has 1 aliphatic rings. The molecule has 1 fully saturated rings. The maximum absolute atomic E-state index is 12.6. The molecule has 3 rings (SSSR count). The van der Waals surface area contributed by atoms with Gasteiger partial charge in [0.25, 0.3) is 0 Å². The Labute approximate surface area is 160 Å². The van der Waals surface area contributed by atoms with Crippen LogP contribution in [0, 0.1) is 0 Å². The number of ether oxygens (including phenoxy) is 2. The Kier molecular flexibility index (Phi) is 6.68. The number of carbonyl (C=O) groups excluding carboxylic acids is 1. The first-order valence-corrected chi connectivity index (χ1v) is 9.21. The highest BCUT2D eigenvalue weighted by atomic mass is 16.5. The van der Waals surface area contributed by atoms with Gasteiger partial charge < -0.3 is 19.7 Å². The molecule has 27 heavy (non-hydrogen) atoms. The number of benzene rings is 2. The van der Waals surface area contributed by atoms with Gasteiger partial charge >= 0.3 is 6.03 Å². The van der Waals surface area contributed by atoms with Crippen LogP contribution in [0.25, 0.3) is 11.1 Å². The molecule has 0 saturated carbocycles. The lowest BCUT2D eigenvalue weighted by Gasteiger charge is -2.34. The summed E-state index contributed by atoms with van der Waals surface area (Å²) in [6.07, 6.45) is 0. The number of piperazine rings is 1. The van der Waals surface area contributed by atoms with Crippen LogP contribution in [-0.2, 0) is 4.74 Å². The average Bonchev–Trinajstić information content (AvgIpc) is 2.73. The van der Waals surface area contributed by atoms with E-state index in [4.69, 9.17) is 9.47 Å². The predicted molar refractivity (Wildman–Crippen MR) is 107 cm³/mol. The molecule has 2 amide bonds. The Hall–Kier alpha value is -2.57. The largest absolute Gasteiger partial charge is 0.497 e. The molecule has 0 bridgehead atoms. The quantitative estimate of drug-likeness (QED) is 0.850. The van der Waals surface area contributed by atoms with E-state index in [0.29, 0.717) is 0 Å². The van der Waals surface area contributed by atoms with Gasteiger partial charge in [0.1, 0.15) is 5.75 Å². The van der Waals surface area contributed by atoms with Gasteiger partial charge in [-0.05, 0) is 35.4 Å². The molecule has 6 heteroatoms. The topological polar surface area (TPSA) is 54.0 Å². The molecule has 0 aromatic heterocycles. The fourth-order valence-corrected chi connectivity index (χ4v) is 3.18. The number of nitrogens with one attached hydrogen (secondary N) is 1. The summed E-state index contributed by atoms with van der Waals surface area (Å²) in [7, 11) is 3.37. The molecule has 2 aromatic rings. The van der Waals surface area contributed by atoms with Crippen molar-refractivity contribution in [3.05, 3.63) is 48.5 Å². The molecular weight excluding hydrogens is 342 g/mol. The van der Waals surface area contributed by atoms with Crippen molar-refractivity contribution in [2.24, 2.45) is 0 Å². The van der Waals surface area contributed by atoms with Crippen LogP contribution in [0.1, 0.15) is 0 Å². The number of carbonyl (C=O) groups is 1. The Morgan fingerprint density at radius 1 is 1.00 bits per heavy atom. The van der Waals surface area contributed by atoms with E-state index in [-0.39, 0.29) is 6.03 Å². The van der Waals surface area contributed by atoms with Gasteiger partial charge in [0.05, 0.1) is 13.7 Å². The summed E-state index contributed by atoms with van der Waals surface area (Å²) in [6, 6.07) is 15.7. The van der Waals surface area contributed by atoms with Crippen molar-refractivity contribution in [2.45, 2.75) is 0 Å². The molecule has 0 radical (unpaired) electrons. The minimum absolute atomic E-state index is 0.0517. The van der Waals surface area contributed by atoms with E-state index >= 15 is 0 Å². The van der Waals surface area contributed by atoms with Gasteiger partial charge in [-0.2, -0.15) is 0 Å². The Morgan fingerprint density at radius 3 is 2.41 bits per heavy atom. The minimum Gasteiger partial charge on any atom is -0.497 e. The van der Waals surface area contributed by atoms with Crippen LogP contribution >= 0.6 is 0 Å². The summed E-state index contributed by atoms with van der Waals surface area (Å²) < 4.78 is 10.4. The number of rotatable bonds is 6. The van der Waals surface area contributed by atoms with Gasteiger partial charge in [0.15, 0.2) is 0 Å². The summed E-state index contributed by atoms with van der Waals surface area (Å²) in [6.45, 7) is 4.84. The lowest BCUT2D eigenvalue weighted by atomic mass is 10.0. The van der Waals surface area contributed by atoms with Crippen LogP contribution < -0.4 is 10.1 Å². The molecule has 1 N–H and O–H groups in total. The van der Waals surface area contributed by atoms with E-state index in [0.717, 1.165) is 61.9 Å². The van der Waals surface area contributed by atoms with Crippen LogP contribution in [0.2, 0.25) is 0 Å². The third kappa shape index (κ3) is 5.21. The highest BCUT2D eigenvalue weighted by Crippen LogP contribution is 2.26. The van der Waals surface area contributed by atoms with Gasteiger partial charge in [-0.15, -0.1) is 0 Å². The molecule has 1 saturated heterocycles. The van der Waals surface area contributed by atoms with Crippen LogP contribution in [0.4, 0.5) is 10.5 Å². The van der Waals surface area contributed by atoms with Crippen molar-refractivity contribution in [3.8, 4) is 16.9 Å². The fraction of sp³-hybridized carbons (Fsp3) is 0.381. The van der Waals surface area contributed by atoms with Crippen molar-refractivity contribution >= 4 is 11.7 Å². The van der Waals surface area contributed by atoms with Crippen molar-refractivity contribution in [1.82, 2.24) is 9.80 Å². The molecule has 1 heterocycles. The monoisotopic (exact) mass is 369 g/mol. The second-order valence-corrected chi connectivity index (χ2v) is 6.56. The van der Waals surface area contributed by atoms with Crippen molar-refractivity contribution in [1.29, 1.82) is 0 Å². The summed E-state index contributed by atoms with van der Waals surface area (Å²) in [5.41, 5.74) is 2.88. The lowest BCUT2D eigenvalue weighted by Crippen LogP contribution is -2.50. The molecule has 0 unspecified atom stereocenters. The highest BCUT2D eigenvalue weighted by Gasteiger charge is 2.20. The molecular formula is C21H27N3O3. The maximum atomic E-state index is 12.6. The maximum Gasteiger partial charge on any atom is 0.321 e. The summed E-state index contributed by atoms with van der Waals surface area (Å²) in [5, 5.41) is 3.02. The number of amides is 2. The second kappa shape index (κ2) is 9.39. The van der Waals surface area contributed by atoms with Gasteiger partial charge in [0, 0.05) is 45.5 Å². The lowest BCUT2D eigenvalue weighted by molar-refractivity contribution is 0.109. The first-order valence-electron chi connectivity index (χ1n) is 9.21. The number of hydrogen-bond acceptors (Lipinski definition) is 4. The highest BCUT2D eigenvalue weighted by molar-refractivity contribution is 5.90. The van der Waals surface area contributed by atoms with E-state index in [1.807, 2.05) is 53.4 Å². The van der Waals surface area contributed by atoms with E-state index < -0.39 is 0 Å². The molecule has 0 atom stereocenters. The first-order chi connectivity index (χ1) is 13.2. The van der Waals surface area contributed by atoms with Crippen LogP contribution in [0.5, 0.6) is 5.75 Å². The number of anilines is 1. The summed E-state index contributed by atoms with van der Waals surface area (Å²) in [5.74, 6) is 0.813. The standard InChI is InChI=1S/C21H27N3O3/c1-26-14-13-23-9-11-24(12-10-23)21(25)22-19-7-3-5-17(15-19)18-6-4-8-20(16-18)27-2/h3-8,15-16H,9-14H2,1-2H3,(H,22,25). The molecule has 2 aromatic carbocycles. The van der Waals surface area contributed by atoms with E-state index in [9.17, 15) is 4.79 Å². The van der Waals surface area contributed by atoms with Gasteiger partial charge in [0.2, 0.25) is 0 Å². The smallest absolute Gasteiger partial charge is 0.321 e. The summed E-state index contributed by atoms with van der Waals surface area (Å²) >= 11 is 0. The van der Waals surface area contributed by atoms with E-state index in [2.05, 4.69) is 10.2 Å². The van der Waals surface area contributed by atoms with Crippen molar-refractivity contribution in [3.63, 3.8) is 0 Å². The zero-order valence-corrected chi connectivity index (χ0v) is 16.0. The molecule has 6 nitrogen and oxygen atoms in total. The minimum atomic E-state index is -0.0517. The Bertz CT molecular complexity index is 758. The van der Waals surface area contributed by atoms with Gasteiger partial charge in [-0.25, -0.2) is 4.79 Å². The average molecular weight is 369 g/mol. The van der Waals surface area contributed by atoms with Crippen LogP contribution in [0.3, 0.4) is 0 Å². The number of hydrogen-bond donors (Lipinski definition) is 1. The van der Waals surface area contributed by atoms with Crippen molar-refractivity contribution in [2.75, 3.05) is 58.9 Å². The Balaban J connectivity index is 1.60. The number of nitrogens with zero attached hydrogens (tertiary/aromatic N) is 2. The SMILES string of the molecule is COCCN1CCN(C(=O)Nc2cccc(-c3cccc(OC)c3)c2)CC1. The van der Waals surface area contributed by atoms with Gasteiger partial charge in [-0.1, -0.05) is 24.3 Å².